The predicted octanol–water partition coefficient (Wildman–Crippen LogP) is 4.78. The highest BCUT2D eigenvalue weighted by Crippen LogP contribution is 2.25. The summed E-state index contributed by atoms with van der Waals surface area (Å²) in [7, 11) is 0. The van der Waals surface area contributed by atoms with E-state index >= 15 is 0 Å². The van der Waals surface area contributed by atoms with E-state index < -0.39 is 4.92 Å². The van der Waals surface area contributed by atoms with Crippen LogP contribution in [0.15, 0.2) is 57.3 Å². The van der Waals surface area contributed by atoms with Crippen LogP contribution in [0.3, 0.4) is 0 Å². The topological polar surface area (TPSA) is 79.9 Å². The van der Waals surface area contributed by atoms with Crippen LogP contribution in [0.1, 0.15) is 5.56 Å². The largest absolute Gasteiger partial charge is 0.269 e. The number of halogens is 1. The molecule has 0 radical (unpaired) electrons. The molecule has 2 aromatic carbocycles. The van der Waals surface area contributed by atoms with Crippen LogP contribution in [0.25, 0.3) is 0 Å². The van der Waals surface area contributed by atoms with Crippen LogP contribution in [0.2, 0.25) is 0 Å². The minimum atomic E-state index is -0.437. The van der Waals surface area contributed by atoms with Crippen molar-refractivity contribution in [3.05, 3.63) is 62.6 Å². The number of aryl methyl sites for hydroxylation is 1. The first kappa shape index (κ1) is 14.1. The van der Waals surface area contributed by atoms with Crippen molar-refractivity contribution in [2.75, 3.05) is 5.43 Å². The maximum absolute atomic E-state index is 10.6. The molecular weight excluding hydrogens is 324 g/mol. The maximum atomic E-state index is 10.6. The standard InChI is InChI=1S/C13H11BrN4O2/c1-9-8-10(18(19)20)6-7-12(9)15-17-16-13-5-3-2-4-11(13)14/h2-8H,1H3,(H,15,16). The number of hydrogen-bond acceptors (Lipinski definition) is 4. The molecule has 20 heavy (non-hydrogen) atoms. The number of hydrogen-bond donors (Lipinski definition) is 1. The van der Waals surface area contributed by atoms with Crippen LogP contribution < -0.4 is 5.43 Å². The van der Waals surface area contributed by atoms with Crippen molar-refractivity contribution in [3.8, 4) is 0 Å². The number of benzene rings is 2. The minimum absolute atomic E-state index is 0.0419. The molecule has 0 fully saturated rings. The van der Waals surface area contributed by atoms with Crippen LogP contribution in [0.4, 0.5) is 17.1 Å². The van der Waals surface area contributed by atoms with Crippen molar-refractivity contribution in [1.29, 1.82) is 0 Å². The minimum Gasteiger partial charge on any atom is -0.259 e. The summed E-state index contributed by atoms with van der Waals surface area (Å²) in [5.74, 6) is 0. The van der Waals surface area contributed by atoms with Gasteiger partial charge in [-0.3, -0.25) is 15.5 Å². The number of non-ortho nitro benzene ring substituents is 1. The van der Waals surface area contributed by atoms with Gasteiger partial charge in [-0.25, -0.2) is 0 Å². The molecule has 0 unspecified atom stereocenters. The number of nitro benzene ring substituents is 1. The first-order valence-electron chi connectivity index (χ1n) is 5.74. The van der Waals surface area contributed by atoms with E-state index in [4.69, 9.17) is 0 Å². The average Bonchev–Trinajstić information content (AvgIpc) is 2.42. The molecule has 2 aromatic rings. The zero-order chi connectivity index (χ0) is 14.5. The van der Waals surface area contributed by atoms with Crippen LogP contribution in [0.5, 0.6) is 0 Å². The van der Waals surface area contributed by atoms with Crippen molar-refractivity contribution < 1.29 is 4.92 Å². The Kier molecular flexibility index (Phi) is 4.41. The quantitative estimate of drug-likeness (QED) is 0.496. The summed E-state index contributed by atoms with van der Waals surface area (Å²) >= 11 is 3.38. The molecule has 0 saturated heterocycles. The molecule has 2 rings (SSSR count). The summed E-state index contributed by atoms with van der Waals surface area (Å²) in [5, 5.41) is 18.5. The average molecular weight is 335 g/mol. The van der Waals surface area contributed by atoms with Crippen LogP contribution in [-0.4, -0.2) is 4.92 Å². The van der Waals surface area contributed by atoms with Gasteiger partial charge in [0.05, 0.1) is 16.3 Å². The van der Waals surface area contributed by atoms with E-state index in [1.54, 1.807) is 13.0 Å². The van der Waals surface area contributed by atoms with Gasteiger partial charge in [-0.1, -0.05) is 17.4 Å². The summed E-state index contributed by atoms with van der Waals surface area (Å²) in [4.78, 5) is 10.2. The second-order valence-electron chi connectivity index (χ2n) is 4.02. The number of nitrogens with one attached hydrogen (secondary N) is 1. The molecule has 0 atom stereocenters. The first-order chi connectivity index (χ1) is 9.58. The molecule has 0 spiro atoms. The summed E-state index contributed by atoms with van der Waals surface area (Å²) in [5.41, 5.74) is 4.90. The molecule has 0 aliphatic carbocycles. The SMILES string of the molecule is Cc1cc([N+](=O)[O-])ccc1N=NNc1ccccc1Br. The van der Waals surface area contributed by atoms with Crippen LogP contribution in [0, 0.1) is 17.0 Å². The maximum Gasteiger partial charge on any atom is 0.269 e. The zero-order valence-electron chi connectivity index (χ0n) is 10.6. The van der Waals surface area contributed by atoms with Gasteiger partial charge in [0.2, 0.25) is 0 Å². The molecule has 7 heteroatoms. The fourth-order valence-electron chi connectivity index (χ4n) is 1.55. The van der Waals surface area contributed by atoms with Gasteiger partial charge in [0.1, 0.15) is 0 Å². The molecule has 0 saturated carbocycles. The molecule has 1 N–H and O–H groups in total. The van der Waals surface area contributed by atoms with Gasteiger partial charge < -0.3 is 0 Å². The molecule has 0 bridgehead atoms. The molecule has 0 aromatic heterocycles. The molecule has 0 heterocycles. The Morgan fingerprint density at radius 3 is 2.65 bits per heavy atom. The van der Waals surface area contributed by atoms with Gasteiger partial charge in [0, 0.05) is 16.6 Å². The normalized spacial score (nSPS) is 10.7. The van der Waals surface area contributed by atoms with Gasteiger partial charge in [-0.15, -0.1) is 5.11 Å². The second kappa shape index (κ2) is 6.25. The molecule has 0 aliphatic rings. The first-order valence-corrected chi connectivity index (χ1v) is 6.53. The molecule has 6 nitrogen and oxygen atoms in total. The zero-order valence-corrected chi connectivity index (χ0v) is 12.2. The lowest BCUT2D eigenvalue weighted by molar-refractivity contribution is -0.384. The van der Waals surface area contributed by atoms with Crippen molar-refractivity contribution in [2.45, 2.75) is 6.92 Å². The van der Waals surface area contributed by atoms with Crippen LogP contribution in [-0.2, 0) is 0 Å². The smallest absolute Gasteiger partial charge is 0.259 e. The van der Waals surface area contributed by atoms with E-state index in [2.05, 4.69) is 31.7 Å². The second-order valence-corrected chi connectivity index (χ2v) is 4.87. The van der Waals surface area contributed by atoms with E-state index in [0.29, 0.717) is 11.3 Å². The third kappa shape index (κ3) is 3.39. The molecule has 102 valence electrons. The van der Waals surface area contributed by atoms with Crippen molar-refractivity contribution in [2.24, 2.45) is 10.3 Å². The lowest BCUT2D eigenvalue weighted by Gasteiger charge is -2.02. The lowest BCUT2D eigenvalue weighted by atomic mass is 10.2. The number of anilines is 1. The van der Waals surface area contributed by atoms with Crippen LogP contribution >= 0.6 is 15.9 Å². The number of para-hydroxylation sites is 1. The van der Waals surface area contributed by atoms with Crippen molar-refractivity contribution in [3.63, 3.8) is 0 Å². The van der Waals surface area contributed by atoms with Gasteiger partial charge in [-0.05, 0) is 46.6 Å². The number of nitrogens with zero attached hydrogens (tertiary/aromatic N) is 3. The number of nitro groups is 1. The third-order valence-corrected chi connectivity index (χ3v) is 3.28. The Labute approximate surface area is 123 Å². The molecule has 0 amide bonds. The summed E-state index contributed by atoms with van der Waals surface area (Å²) in [6.45, 7) is 1.75. The van der Waals surface area contributed by atoms with Crippen molar-refractivity contribution in [1.82, 2.24) is 0 Å². The van der Waals surface area contributed by atoms with Gasteiger partial charge in [-0.2, -0.15) is 0 Å². The Bertz CT molecular complexity index is 673. The summed E-state index contributed by atoms with van der Waals surface area (Å²) in [6.07, 6.45) is 0. The van der Waals surface area contributed by atoms with E-state index in [9.17, 15) is 10.1 Å². The lowest BCUT2D eigenvalue weighted by Crippen LogP contribution is -1.89. The van der Waals surface area contributed by atoms with E-state index in [-0.39, 0.29) is 5.69 Å². The highest BCUT2D eigenvalue weighted by Gasteiger charge is 2.07. The Morgan fingerprint density at radius 2 is 2.00 bits per heavy atom. The Balaban J connectivity index is 2.12. The van der Waals surface area contributed by atoms with Crippen molar-refractivity contribution >= 4 is 33.0 Å². The highest BCUT2D eigenvalue weighted by atomic mass is 79.9. The summed E-state index contributed by atoms with van der Waals surface area (Å²) < 4.78 is 0.874. The van der Waals surface area contributed by atoms with Gasteiger partial charge in [0.25, 0.3) is 5.69 Å². The monoisotopic (exact) mass is 334 g/mol. The fraction of sp³-hybridized carbons (Fsp3) is 0.0769. The highest BCUT2D eigenvalue weighted by molar-refractivity contribution is 9.10. The fourth-order valence-corrected chi connectivity index (χ4v) is 1.92. The van der Waals surface area contributed by atoms with E-state index in [1.807, 2.05) is 24.3 Å². The molecule has 0 aliphatic heterocycles. The molecular formula is C13H11BrN4O2. The van der Waals surface area contributed by atoms with Gasteiger partial charge >= 0.3 is 0 Å². The summed E-state index contributed by atoms with van der Waals surface area (Å²) in [6, 6.07) is 11.9. The van der Waals surface area contributed by atoms with Gasteiger partial charge in [0.15, 0.2) is 0 Å². The van der Waals surface area contributed by atoms with E-state index in [1.165, 1.54) is 12.1 Å². The Hall–Kier alpha value is -2.28. The van der Waals surface area contributed by atoms with E-state index in [0.717, 1.165) is 10.2 Å². The number of rotatable bonds is 4. The predicted molar refractivity (Wildman–Crippen MR) is 80.1 cm³/mol. The third-order valence-electron chi connectivity index (χ3n) is 2.59. The Morgan fingerprint density at radius 1 is 1.25 bits per heavy atom.